The maximum Gasteiger partial charge on any atom is 0.325 e. The molecule has 21 heavy (non-hydrogen) atoms. The van der Waals surface area contributed by atoms with Crippen LogP contribution in [0.4, 0.5) is 10.1 Å². The number of rotatable bonds is 7. The first-order chi connectivity index (χ1) is 9.79. The van der Waals surface area contributed by atoms with E-state index in [0.29, 0.717) is 13.0 Å². The number of esters is 1. The zero-order valence-corrected chi connectivity index (χ0v) is 12.8. The lowest BCUT2D eigenvalue weighted by atomic mass is 10.2. The van der Waals surface area contributed by atoms with E-state index in [1.165, 1.54) is 17.0 Å². The van der Waals surface area contributed by atoms with Gasteiger partial charge in [0.05, 0.1) is 17.2 Å². The summed E-state index contributed by atoms with van der Waals surface area (Å²) < 4.78 is 41.3. The van der Waals surface area contributed by atoms with Gasteiger partial charge in [-0.05, 0) is 31.5 Å². The van der Waals surface area contributed by atoms with E-state index in [4.69, 9.17) is 9.88 Å². The molecule has 2 N–H and O–H groups in total. The molecule has 0 heterocycles. The smallest absolute Gasteiger partial charge is 0.325 e. The number of anilines is 1. The average Bonchev–Trinajstić information content (AvgIpc) is 2.37. The summed E-state index contributed by atoms with van der Waals surface area (Å²) in [7, 11) is -3.96. The minimum Gasteiger partial charge on any atom is -0.465 e. The Balaban J connectivity index is 3.06. The highest BCUT2D eigenvalue weighted by molar-refractivity contribution is 7.89. The van der Waals surface area contributed by atoms with Crippen LogP contribution in [-0.4, -0.2) is 34.1 Å². The van der Waals surface area contributed by atoms with E-state index in [0.717, 1.165) is 6.07 Å². The SMILES string of the molecule is CCCN(CC(=O)OCC)c1ccc(S(N)(=O)=O)cc1F. The van der Waals surface area contributed by atoms with Crippen molar-refractivity contribution in [1.82, 2.24) is 0 Å². The molecule has 0 radical (unpaired) electrons. The molecule has 0 aliphatic heterocycles. The van der Waals surface area contributed by atoms with Crippen LogP contribution in [0.2, 0.25) is 0 Å². The van der Waals surface area contributed by atoms with E-state index in [1.54, 1.807) is 6.92 Å². The summed E-state index contributed by atoms with van der Waals surface area (Å²) >= 11 is 0. The molecule has 0 unspecified atom stereocenters. The maximum atomic E-state index is 14.1. The molecular weight excluding hydrogens is 299 g/mol. The largest absolute Gasteiger partial charge is 0.465 e. The summed E-state index contributed by atoms with van der Waals surface area (Å²) in [5.74, 6) is -1.22. The second-order valence-corrected chi connectivity index (χ2v) is 5.95. The molecule has 0 aliphatic carbocycles. The monoisotopic (exact) mass is 318 g/mol. The first-order valence-corrected chi connectivity index (χ1v) is 8.07. The molecule has 0 aliphatic rings. The van der Waals surface area contributed by atoms with Crippen molar-refractivity contribution < 1.29 is 22.3 Å². The quantitative estimate of drug-likeness (QED) is 0.764. The number of primary sulfonamides is 1. The number of nitrogens with two attached hydrogens (primary N) is 1. The number of halogens is 1. The highest BCUT2D eigenvalue weighted by atomic mass is 32.2. The van der Waals surface area contributed by atoms with E-state index >= 15 is 0 Å². The number of hydrogen-bond donors (Lipinski definition) is 1. The lowest BCUT2D eigenvalue weighted by Crippen LogP contribution is -2.32. The van der Waals surface area contributed by atoms with Crippen LogP contribution in [0.25, 0.3) is 0 Å². The zero-order valence-electron chi connectivity index (χ0n) is 12.0. The maximum absolute atomic E-state index is 14.1. The van der Waals surface area contributed by atoms with Gasteiger partial charge in [-0.1, -0.05) is 6.92 Å². The molecular formula is C13H19FN2O4S. The Hall–Kier alpha value is -1.67. The molecule has 1 rings (SSSR count). The minimum absolute atomic E-state index is 0.104. The fraction of sp³-hybridized carbons (Fsp3) is 0.462. The summed E-state index contributed by atoms with van der Waals surface area (Å²) in [6.45, 7) is 4.14. The summed E-state index contributed by atoms with van der Waals surface area (Å²) in [5.41, 5.74) is 0.136. The van der Waals surface area contributed by atoms with Crippen LogP contribution in [0.15, 0.2) is 23.1 Å². The number of nitrogens with zero attached hydrogens (tertiary/aromatic N) is 1. The van der Waals surface area contributed by atoms with Gasteiger partial charge in [0.15, 0.2) is 0 Å². The molecule has 1 aromatic carbocycles. The van der Waals surface area contributed by atoms with E-state index in [-0.39, 0.29) is 23.7 Å². The minimum atomic E-state index is -3.96. The molecule has 0 amide bonds. The van der Waals surface area contributed by atoms with Gasteiger partial charge in [-0.25, -0.2) is 17.9 Å². The topological polar surface area (TPSA) is 89.7 Å². The van der Waals surface area contributed by atoms with Gasteiger partial charge in [0.25, 0.3) is 0 Å². The van der Waals surface area contributed by atoms with Gasteiger partial charge in [-0.15, -0.1) is 0 Å². The number of sulfonamides is 1. The van der Waals surface area contributed by atoms with Crippen LogP contribution >= 0.6 is 0 Å². The predicted molar refractivity (Wildman–Crippen MR) is 76.9 cm³/mol. The first kappa shape index (κ1) is 17.4. The Kier molecular flexibility index (Phi) is 6.10. The van der Waals surface area contributed by atoms with Crippen molar-refractivity contribution in [1.29, 1.82) is 0 Å². The van der Waals surface area contributed by atoms with Crippen molar-refractivity contribution in [2.24, 2.45) is 5.14 Å². The van der Waals surface area contributed by atoms with E-state index in [9.17, 15) is 17.6 Å². The van der Waals surface area contributed by atoms with Gasteiger partial charge in [-0.2, -0.15) is 0 Å². The highest BCUT2D eigenvalue weighted by Crippen LogP contribution is 2.22. The predicted octanol–water partition coefficient (Wildman–Crippen LogP) is 1.25. The second-order valence-electron chi connectivity index (χ2n) is 4.38. The molecule has 1 aromatic rings. The molecule has 0 spiro atoms. The van der Waals surface area contributed by atoms with Crippen molar-refractivity contribution >= 4 is 21.7 Å². The number of hydrogen-bond acceptors (Lipinski definition) is 5. The summed E-state index contributed by atoms with van der Waals surface area (Å²) in [6, 6.07) is 3.35. The highest BCUT2D eigenvalue weighted by Gasteiger charge is 2.18. The second kappa shape index (κ2) is 7.37. The van der Waals surface area contributed by atoms with Gasteiger partial charge in [0.1, 0.15) is 12.4 Å². The lowest BCUT2D eigenvalue weighted by Gasteiger charge is -2.23. The van der Waals surface area contributed by atoms with Crippen molar-refractivity contribution in [3.05, 3.63) is 24.0 Å². The van der Waals surface area contributed by atoms with Crippen LogP contribution in [0.1, 0.15) is 20.3 Å². The van der Waals surface area contributed by atoms with Crippen LogP contribution in [-0.2, 0) is 19.6 Å². The number of benzene rings is 1. The van der Waals surface area contributed by atoms with E-state index in [1.807, 2.05) is 6.92 Å². The average molecular weight is 318 g/mol. The van der Waals surface area contributed by atoms with Crippen LogP contribution in [0, 0.1) is 5.82 Å². The number of carbonyl (C=O) groups excluding carboxylic acids is 1. The Bertz CT molecular complexity index is 604. The number of ether oxygens (including phenoxy) is 1. The lowest BCUT2D eigenvalue weighted by molar-refractivity contribution is -0.141. The third-order valence-electron chi connectivity index (χ3n) is 2.71. The molecule has 0 saturated carbocycles. The molecule has 8 heteroatoms. The Morgan fingerprint density at radius 3 is 2.52 bits per heavy atom. The summed E-state index contributed by atoms with van der Waals surface area (Å²) in [5, 5.41) is 4.95. The van der Waals surface area contributed by atoms with Crippen LogP contribution in [0.5, 0.6) is 0 Å². The van der Waals surface area contributed by atoms with E-state index in [2.05, 4.69) is 0 Å². The molecule has 0 fully saturated rings. The Morgan fingerprint density at radius 1 is 1.38 bits per heavy atom. The van der Waals surface area contributed by atoms with Gasteiger partial charge in [0.2, 0.25) is 10.0 Å². The molecule has 0 bridgehead atoms. The Morgan fingerprint density at radius 2 is 2.05 bits per heavy atom. The molecule has 118 valence electrons. The fourth-order valence-corrected chi connectivity index (χ4v) is 2.36. The van der Waals surface area contributed by atoms with Gasteiger partial charge < -0.3 is 9.64 Å². The molecule has 0 aromatic heterocycles. The third-order valence-corrected chi connectivity index (χ3v) is 3.62. The van der Waals surface area contributed by atoms with E-state index < -0.39 is 21.8 Å². The van der Waals surface area contributed by atoms with Gasteiger partial charge in [0, 0.05) is 6.54 Å². The number of carbonyl (C=O) groups is 1. The van der Waals surface area contributed by atoms with Gasteiger partial charge in [-0.3, -0.25) is 4.79 Å². The summed E-state index contributed by atoms with van der Waals surface area (Å²) in [6.07, 6.45) is 0.690. The third kappa shape index (κ3) is 4.98. The van der Waals surface area contributed by atoms with Gasteiger partial charge >= 0.3 is 5.97 Å². The van der Waals surface area contributed by atoms with Crippen molar-refractivity contribution in [3.63, 3.8) is 0 Å². The zero-order chi connectivity index (χ0) is 16.0. The van der Waals surface area contributed by atoms with Crippen LogP contribution < -0.4 is 10.0 Å². The summed E-state index contributed by atoms with van der Waals surface area (Å²) in [4.78, 5) is 12.7. The molecule has 0 atom stereocenters. The van der Waals surface area contributed by atoms with Crippen molar-refractivity contribution in [2.45, 2.75) is 25.2 Å². The van der Waals surface area contributed by atoms with Crippen molar-refractivity contribution in [3.8, 4) is 0 Å². The van der Waals surface area contributed by atoms with Crippen molar-refractivity contribution in [2.75, 3.05) is 24.6 Å². The molecule has 0 saturated heterocycles. The first-order valence-electron chi connectivity index (χ1n) is 6.52. The standard InChI is InChI=1S/C13H19FN2O4S/c1-3-7-16(9-13(17)20-4-2)12-6-5-10(8-11(12)14)21(15,18)19/h5-6,8H,3-4,7,9H2,1-2H3,(H2,15,18,19). The normalized spacial score (nSPS) is 11.2. The molecule has 6 nitrogen and oxygen atoms in total. The van der Waals surface area contributed by atoms with Crippen LogP contribution in [0.3, 0.4) is 0 Å². The fourth-order valence-electron chi connectivity index (χ4n) is 1.84. The Labute approximate surface area is 123 Å².